The summed E-state index contributed by atoms with van der Waals surface area (Å²) in [5, 5.41) is 3.56. The van der Waals surface area contributed by atoms with E-state index in [1.165, 1.54) is 18.2 Å². The van der Waals surface area contributed by atoms with Crippen LogP contribution in [-0.2, 0) is 15.8 Å². The Morgan fingerprint density at radius 3 is 2.80 bits per heavy atom. The molecule has 0 spiro atoms. The molecule has 1 N–H and O–H groups in total. The maximum Gasteiger partial charge on any atom is 0.277 e. The molecule has 1 aromatic carbocycles. The van der Waals surface area contributed by atoms with Gasteiger partial charge in [-0.25, -0.2) is 17.5 Å². The Bertz CT molecular complexity index is 725. The average Bonchev–Trinajstić information content (AvgIpc) is 3.13. The Hall–Kier alpha value is -1.96. The maximum absolute atomic E-state index is 13.4. The summed E-state index contributed by atoms with van der Waals surface area (Å²) in [6, 6.07) is 5.71. The molecule has 0 aliphatic heterocycles. The van der Waals surface area contributed by atoms with Crippen LogP contribution in [0.4, 0.5) is 10.3 Å². The SMILES string of the molecule is O=S(=O)(Cc1ccccc1F)Nc1noc(C2CC2)n1. The number of hydrogen-bond donors (Lipinski definition) is 1. The van der Waals surface area contributed by atoms with E-state index in [-0.39, 0.29) is 17.4 Å². The topological polar surface area (TPSA) is 85.1 Å². The summed E-state index contributed by atoms with van der Waals surface area (Å²) in [6.45, 7) is 0. The van der Waals surface area contributed by atoms with E-state index in [9.17, 15) is 12.8 Å². The molecule has 0 radical (unpaired) electrons. The van der Waals surface area contributed by atoms with Crippen LogP contribution in [0, 0.1) is 5.82 Å². The molecule has 8 heteroatoms. The van der Waals surface area contributed by atoms with Crippen LogP contribution in [0.2, 0.25) is 0 Å². The molecule has 1 aliphatic carbocycles. The Balaban J connectivity index is 1.73. The minimum atomic E-state index is -3.78. The fourth-order valence-corrected chi connectivity index (χ4v) is 2.84. The van der Waals surface area contributed by atoms with E-state index in [0.717, 1.165) is 12.8 Å². The predicted octanol–water partition coefficient (Wildman–Crippen LogP) is 2.03. The lowest BCUT2D eigenvalue weighted by atomic mass is 10.2. The fourth-order valence-electron chi connectivity index (χ4n) is 1.77. The third-order valence-electron chi connectivity index (χ3n) is 2.92. The summed E-state index contributed by atoms with van der Waals surface area (Å²) in [6.07, 6.45) is 1.95. The molecule has 0 unspecified atom stereocenters. The Kier molecular flexibility index (Phi) is 3.17. The Labute approximate surface area is 115 Å². The van der Waals surface area contributed by atoms with Gasteiger partial charge in [0.25, 0.3) is 5.95 Å². The molecule has 1 aliphatic rings. The van der Waals surface area contributed by atoms with Crippen molar-refractivity contribution in [3.63, 3.8) is 0 Å². The van der Waals surface area contributed by atoms with E-state index >= 15 is 0 Å². The van der Waals surface area contributed by atoms with Crippen LogP contribution in [0.5, 0.6) is 0 Å². The molecule has 0 bridgehead atoms. The third kappa shape index (κ3) is 2.96. The quantitative estimate of drug-likeness (QED) is 0.912. The lowest BCUT2D eigenvalue weighted by Gasteiger charge is -2.04. The van der Waals surface area contributed by atoms with Gasteiger partial charge in [-0.05, 0) is 24.1 Å². The number of rotatable bonds is 5. The lowest BCUT2D eigenvalue weighted by Crippen LogP contribution is -2.16. The first kappa shape index (κ1) is 13.0. The Morgan fingerprint density at radius 2 is 2.10 bits per heavy atom. The molecular formula is C12H12FN3O3S. The average molecular weight is 297 g/mol. The molecule has 1 fully saturated rings. The highest BCUT2D eigenvalue weighted by Crippen LogP contribution is 2.39. The number of nitrogens with one attached hydrogen (secondary N) is 1. The predicted molar refractivity (Wildman–Crippen MR) is 68.9 cm³/mol. The molecule has 1 heterocycles. The first-order valence-electron chi connectivity index (χ1n) is 6.11. The lowest BCUT2D eigenvalue weighted by molar-refractivity contribution is 0.380. The highest BCUT2D eigenvalue weighted by atomic mass is 32.2. The van der Waals surface area contributed by atoms with Crippen molar-refractivity contribution in [2.75, 3.05) is 4.72 Å². The van der Waals surface area contributed by atoms with Crippen molar-refractivity contribution in [1.29, 1.82) is 0 Å². The van der Waals surface area contributed by atoms with E-state index in [1.807, 2.05) is 0 Å². The van der Waals surface area contributed by atoms with Crippen LogP contribution in [0.3, 0.4) is 0 Å². The summed E-state index contributed by atoms with van der Waals surface area (Å²) in [5.41, 5.74) is 0.0888. The van der Waals surface area contributed by atoms with Gasteiger partial charge in [-0.3, -0.25) is 0 Å². The Morgan fingerprint density at radius 1 is 1.35 bits per heavy atom. The van der Waals surface area contributed by atoms with E-state index in [0.29, 0.717) is 5.89 Å². The van der Waals surface area contributed by atoms with E-state index in [1.54, 1.807) is 6.07 Å². The van der Waals surface area contributed by atoms with Crippen LogP contribution < -0.4 is 4.72 Å². The second-order valence-corrected chi connectivity index (χ2v) is 6.41. The molecule has 6 nitrogen and oxygen atoms in total. The molecule has 106 valence electrons. The van der Waals surface area contributed by atoms with Gasteiger partial charge in [-0.2, -0.15) is 4.98 Å². The van der Waals surface area contributed by atoms with Gasteiger partial charge < -0.3 is 4.52 Å². The number of hydrogen-bond acceptors (Lipinski definition) is 5. The first-order valence-corrected chi connectivity index (χ1v) is 7.76. The number of sulfonamides is 1. The fraction of sp³-hybridized carbons (Fsp3) is 0.333. The van der Waals surface area contributed by atoms with Crippen LogP contribution in [-0.4, -0.2) is 18.6 Å². The van der Waals surface area contributed by atoms with Gasteiger partial charge >= 0.3 is 0 Å². The minimum Gasteiger partial charge on any atom is -0.337 e. The smallest absolute Gasteiger partial charge is 0.277 e. The third-order valence-corrected chi connectivity index (χ3v) is 4.10. The largest absolute Gasteiger partial charge is 0.337 e. The van der Waals surface area contributed by atoms with E-state index < -0.39 is 21.6 Å². The second-order valence-electron chi connectivity index (χ2n) is 4.68. The zero-order valence-electron chi connectivity index (χ0n) is 10.4. The summed E-state index contributed by atoms with van der Waals surface area (Å²) >= 11 is 0. The van der Waals surface area contributed by atoms with Gasteiger partial charge in [-0.15, -0.1) is 0 Å². The summed E-state index contributed by atoms with van der Waals surface area (Å²) in [4.78, 5) is 3.96. The van der Waals surface area contributed by atoms with Crippen LogP contribution in [0.1, 0.15) is 30.2 Å². The van der Waals surface area contributed by atoms with Crippen molar-refractivity contribution in [2.24, 2.45) is 0 Å². The van der Waals surface area contributed by atoms with Gasteiger partial charge in [0.05, 0.1) is 5.75 Å². The molecule has 1 aromatic heterocycles. The minimum absolute atomic E-state index is 0.0888. The number of halogens is 1. The maximum atomic E-state index is 13.4. The molecule has 0 amide bonds. The molecule has 20 heavy (non-hydrogen) atoms. The standard InChI is InChI=1S/C12H12FN3O3S/c13-10-4-2-1-3-9(10)7-20(17,18)16-12-14-11(19-15-12)8-5-6-8/h1-4,8H,5-7H2,(H,15,16). The molecule has 1 saturated carbocycles. The van der Waals surface area contributed by atoms with Crippen molar-refractivity contribution in [1.82, 2.24) is 10.1 Å². The normalized spacial score (nSPS) is 15.2. The highest BCUT2D eigenvalue weighted by Gasteiger charge is 2.30. The van der Waals surface area contributed by atoms with Crippen molar-refractivity contribution in [2.45, 2.75) is 24.5 Å². The first-order chi connectivity index (χ1) is 9.53. The van der Waals surface area contributed by atoms with E-state index in [4.69, 9.17) is 4.52 Å². The molecule has 0 atom stereocenters. The van der Waals surface area contributed by atoms with Crippen LogP contribution in [0.15, 0.2) is 28.8 Å². The van der Waals surface area contributed by atoms with Crippen molar-refractivity contribution >= 4 is 16.0 Å². The van der Waals surface area contributed by atoms with Crippen LogP contribution >= 0.6 is 0 Å². The van der Waals surface area contributed by atoms with Crippen molar-refractivity contribution in [3.05, 3.63) is 41.5 Å². The van der Waals surface area contributed by atoms with Gasteiger partial charge in [0, 0.05) is 11.5 Å². The molecule has 0 saturated heterocycles. The van der Waals surface area contributed by atoms with Crippen molar-refractivity contribution in [3.8, 4) is 0 Å². The summed E-state index contributed by atoms with van der Waals surface area (Å²) < 4.78 is 44.4. The number of benzene rings is 1. The monoisotopic (exact) mass is 297 g/mol. The highest BCUT2D eigenvalue weighted by molar-refractivity contribution is 7.91. The summed E-state index contributed by atoms with van der Waals surface area (Å²) in [7, 11) is -3.78. The zero-order chi connectivity index (χ0) is 14.2. The zero-order valence-corrected chi connectivity index (χ0v) is 11.2. The van der Waals surface area contributed by atoms with Gasteiger partial charge in [0.15, 0.2) is 0 Å². The van der Waals surface area contributed by atoms with Gasteiger partial charge in [0.1, 0.15) is 5.82 Å². The van der Waals surface area contributed by atoms with Crippen LogP contribution in [0.25, 0.3) is 0 Å². The number of nitrogens with zero attached hydrogens (tertiary/aromatic N) is 2. The summed E-state index contributed by atoms with van der Waals surface area (Å²) in [5.74, 6) is -0.471. The molecule has 3 rings (SSSR count). The van der Waals surface area contributed by atoms with Crippen molar-refractivity contribution < 1.29 is 17.3 Å². The van der Waals surface area contributed by atoms with E-state index in [2.05, 4.69) is 14.9 Å². The van der Waals surface area contributed by atoms with Gasteiger partial charge in [0.2, 0.25) is 15.9 Å². The number of aromatic nitrogens is 2. The molecule has 2 aromatic rings. The number of anilines is 1. The van der Waals surface area contributed by atoms with Gasteiger partial charge in [-0.1, -0.05) is 18.2 Å². The second kappa shape index (κ2) is 4.86. The molecular weight excluding hydrogens is 285 g/mol.